The van der Waals surface area contributed by atoms with Crippen molar-refractivity contribution in [3.63, 3.8) is 0 Å². The number of carbonyl (C=O) groups is 1. The van der Waals surface area contributed by atoms with Crippen LogP contribution in [-0.2, 0) is 24.7 Å². The summed E-state index contributed by atoms with van der Waals surface area (Å²) in [6, 6.07) is 2.69. The van der Waals surface area contributed by atoms with E-state index in [0.29, 0.717) is 4.31 Å². The van der Waals surface area contributed by atoms with Gasteiger partial charge in [0.2, 0.25) is 15.9 Å². The summed E-state index contributed by atoms with van der Waals surface area (Å²) >= 11 is 0. The van der Waals surface area contributed by atoms with Crippen LogP contribution < -0.4 is 10.1 Å². The highest BCUT2D eigenvalue weighted by atomic mass is 32.2. The molecule has 150 valence electrons. The lowest BCUT2D eigenvalue weighted by Gasteiger charge is -2.18. The average Bonchev–Trinajstić information content (AvgIpc) is 2.92. The highest BCUT2D eigenvalue weighted by molar-refractivity contribution is 7.91. The Kier molecular flexibility index (Phi) is 6.07. The maximum Gasteiger partial charge on any atom is 0.293 e. The zero-order chi connectivity index (χ0) is 20.4. The Labute approximate surface area is 156 Å². The number of sulfone groups is 1. The van der Waals surface area contributed by atoms with Gasteiger partial charge in [0.15, 0.2) is 14.7 Å². The van der Waals surface area contributed by atoms with Gasteiger partial charge < -0.3 is 10.1 Å². The molecule has 0 bridgehead atoms. The molecule has 0 radical (unpaired) electrons. The molecule has 1 atom stereocenters. The molecule has 11 nitrogen and oxygen atoms in total. The number of nitro groups is 1. The Morgan fingerprint density at radius 3 is 2.63 bits per heavy atom. The van der Waals surface area contributed by atoms with E-state index in [0.717, 1.165) is 19.2 Å². The average molecular weight is 421 g/mol. The molecular formula is C14H19N3O8S2. The Hall–Kier alpha value is -2.25. The van der Waals surface area contributed by atoms with Crippen molar-refractivity contribution in [3.8, 4) is 5.75 Å². The largest absolute Gasteiger partial charge is 0.497 e. The predicted molar refractivity (Wildman–Crippen MR) is 94.7 cm³/mol. The quantitative estimate of drug-likeness (QED) is 0.458. The normalized spacial score (nSPS) is 19.0. The third-order valence-corrected chi connectivity index (χ3v) is 7.63. The number of sulfonamides is 1. The van der Waals surface area contributed by atoms with E-state index in [1.807, 2.05) is 0 Å². The summed E-state index contributed by atoms with van der Waals surface area (Å²) in [5.74, 6) is -0.814. The number of nitro benzene ring substituents is 1. The molecule has 1 aliphatic rings. The van der Waals surface area contributed by atoms with E-state index in [4.69, 9.17) is 4.74 Å². The fourth-order valence-electron chi connectivity index (χ4n) is 2.62. The van der Waals surface area contributed by atoms with Crippen LogP contribution in [0.25, 0.3) is 0 Å². The Bertz CT molecular complexity index is 959. The molecule has 0 saturated carbocycles. The molecule has 0 aromatic heterocycles. The fourth-order valence-corrected chi connectivity index (χ4v) is 5.56. The number of hydrogen-bond donors (Lipinski definition) is 1. The Morgan fingerprint density at radius 2 is 2.11 bits per heavy atom. The second-order valence-corrected chi connectivity index (χ2v) is 10.3. The molecule has 1 aliphatic heterocycles. The molecular weight excluding hydrogens is 402 g/mol. The van der Waals surface area contributed by atoms with Crippen molar-refractivity contribution in [1.82, 2.24) is 9.62 Å². The number of ether oxygens (including phenoxy) is 1. The third-order valence-electron chi connectivity index (χ3n) is 4.01. The zero-order valence-corrected chi connectivity index (χ0v) is 16.2. The van der Waals surface area contributed by atoms with Crippen molar-refractivity contribution in [3.05, 3.63) is 28.3 Å². The van der Waals surface area contributed by atoms with Crippen molar-refractivity contribution in [2.75, 3.05) is 32.2 Å². The van der Waals surface area contributed by atoms with Gasteiger partial charge in [-0.05, 0) is 18.6 Å². The summed E-state index contributed by atoms with van der Waals surface area (Å²) in [5.41, 5.74) is -0.677. The number of benzene rings is 1. The van der Waals surface area contributed by atoms with Gasteiger partial charge in [-0.2, -0.15) is 4.31 Å². The van der Waals surface area contributed by atoms with Crippen molar-refractivity contribution in [2.45, 2.75) is 17.4 Å². The number of nitrogens with zero attached hydrogens (tertiary/aromatic N) is 2. The lowest BCUT2D eigenvalue weighted by Crippen LogP contribution is -2.43. The number of amides is 1. The third kappa shape index (κ3) is 4.93. The van der Waals surface area contributed by atoms with E-state index in [1.165, 1.54) is 13.2 Å². The monoisotopic (exact) mass is 421 g/mol. The molecule has 1 N–H and O–H groups in total. The topological polar surface area (TPSA) is 153 Å². The molecule has 1 aromatic rings. The maximum absolute atomic E-state index is 12.6. The molecule has 27 heavy (non-hydrogen) atoms. The molecule has 0 spiro atoms. The summed E-state index contributed by atoms with van der Waals surface area (Å²) in [4.78, 5) is 21.8. The first-order valence-corrected chi connectivity index (χ1v) is 11.0. The number of hydrogen-bond acceptors (Lipinski definition) is 8. The standard InChI is InChI=1S/C14H19N3O8S2/c1-16(8-14(18)15-10-5-6-26(21,22)9-10)27(23,24)13-4-3-11(25-2)7-12(13)17(19)20/h3-4,7,10H,5-6,8-9H2,1-2H3,(H,15,18)/t10-/m0/s1. The first kappa shape index (κ1) is 21.1. The maximum atomic E-state index is 12.6. The van der Waals surface area contributed by atoms with Crippen LogP contribution in [-0.4, -0.2) is 70.2 Å². The highest BCUT2D eigenvalue weighted by Gasteiger charge is 2.33. The first-order valence-electron chi connectivity index (χ1n) is 7.75. The van der Waals surface area contributed by atoms with Gasteiger partial charge in [0.25, 0.3) is 5.69 Å². The van der Waals surface area contributed by atoms with Crippen LogP contribution in [0.15, 0.2) is 23.1 Å². The summed E-state index contributed by atoms with van der Waals surface area (Å²) in [7, 11) is -5.14. The zero-order valence-electron chi connectivity index (χ0n) is 14.6. The van der Waals surface area contributed by atoms with Crippen LogP contribution in [0.4, 0.5) is 5.69 Å². The molecule has 1 heterocycles. The van der Waals surface area contributed by atoms with Crippen LogP contribution in [0.1, 0.15) is 6.42 Å². The Morgan fingerprint density at radius 1 is 1.44 bits per heavy atom. The van der Waals surface area contributed by atoms with E-state index >= 15 is 0 Å². The summed E-state index contributed by atoms with van der Waals surface area (Å²) in [6.07, 6.45) is 0.258. The van der Waals surface area contributed by atoms with Crippen molar-refractivity contribution in [1.29, 1.82) is 0 Å². The van der Waals surface area contributed by atoms with Crippen molar-refractivity contribution in [2.24, 2.45) is 0 Å². The fraction of sp³-hybridized carbons (Fsp3) is 0.500. The molecule has 1 saturated heterocycles. The minimum Gasteiger partial charge on any atom is -0.497 e. The van der Waals surface area contributed by atoms with Gasteiger partial charge in [-0.25, -0.2) is 16.8 Å². The van der Waals surface area contributed by atoms with Crippen LogP contribution in [0.5, 0.6) is 5.75 Å². The first-order chi connectivity index (χ1) is 12.5. The van der Waals surface area contributed by atoms with Crippen LogP contribution >= 0.6 is 0 Å². The van der Waals surface area contributed by atoms with E-state index in [1.54, 1.807) is 0 Å². The summed E-state index contributed by atoms with van der Waals surface area (Å²) in [6.45, 7) is -0.609. The van der Waals surface area contributed by atoms with E-state index < -0.39 is 53.9 Å². The van der Waals surface area contributed by atoms with Gasteiger partial charge in [0.05, 0.1) is 36.1 Å². The van der Waals surface area contributed by atoms with E-state index in [2.05, 4.69) is 5.32 Å². The number of methoxy groups -OCH3 is 1. The number of carbonyl (C=O) groups excluding carboxylic acids is 1. The second kappa shape index (κ2) is 7.78. The SMILES string of the molecule is COc1ccc(S(=O)(=O)N(C)CC(=O)N[C@H]2CCS(=O)(=O)C2)c([N+](=O)[O-])c1. The van der Waals surface area contributed by atoms with Crippen LogP contribution in [0.2, 0.25) is 0 Å². The van der Waals surface area contributed by atoms with Crippen LogP contribution in [0.3, 0.4) is 0 Å². The lowest BCUT2D eigenvalue weighted by atomic mass is 10.2. The van der Waals surface area contributed by atoms with Gasteiger partial charge in [-0.15, -0.1) is 0 Å². The molecule has 13 heteroatoms. The summed E-state index contributed by atoms with van der Waals surface area (Å²) in [5, 5.41) is 13.7. The molecule has 1 fully saturated rings. The molecule has 1 aromatic carbocycles. The predicted octanol–water partition coefficient (Wildman–Crippen LogP) is -0.473. The molecule has 0 aliphatic carbocycles. The highest BCUT2D eigenvalue weighted by Crippen LogP contribution is 2.30. The minimum absolute atomic E-state index is 0.0376. The van der Waals surface area contributed by atoms with Gasteiger partial charge in [-0.1, -0.05) is 0 Å². The molecule has 2 rings (SSSR count). The second-order valence-electron chi connectivity index (χ2n) is 6.02. The van der Waals surface area contributed by atoms with Gasteiger partial charge in [-0.3, -0.25) is 14.9 Å². The number of rotatable bonds is 7. The lowest BCUT2D eigenvalue weighted by molar-refractivity contribution is -0.387. The van der Waals surface area contributed by atoms with E-state index in [-0.39, 0.29) is 23.7 Å². The van der Waals surface area contributed by atoms with Gasteiger partial charge in [0, 0.05) is 13.1 Å². The van der Waals surface area contributed by atoms with Crippen molar-refractivity contribution < 1.29 is 31.3 Å². The van der Waals surface area contributed by atoms with Crippen molar-refractivity contribution >= 4 is 31.5 Å². The number of nitrogens with one attached hydrogen (secondary N) is 1. The smallest absolute Gasteiger partial charge is 0.293 e. The van der Waals surface area contributed by atoms with E-state index in [9.17, 15) is 31.7 Å². The molecule has 1 amide bonds. The van der Waals surface area contributed by atoms with Crippen LogP contribution in [0, 0.1) is 10.1 Å². The van der Waals surface area contributed by atoms with Gasteiger partial charge >= 0.3 is 0 Å². The van der Waals surface area contributed by atoms with Gasteiger partial charge in [0.1, 0.15) is 5.75 Å². The minimum atomic E-state index is -4.33. The number of likely N-dealkylation sites (N-methyl/N-ethyl adjacent to an activating group) is 1. The summed E-state index contributed by atoms with van der Waals surface area (Å²) < 4.78 is 53.6. The molecule has 0 unspecified atom stereocenters. The Balaban J connectivity index is 2.16.